The van der Waals surface area contributed by atoms with Crippen molar-refractivity contribution in [3.63, 3.8) is 0 Å². The fourth-order valence-corrected chi connectivity index (χ4v) is 2.19. The van der Waals surface area contributed by atoms with Gasteiger partial charge in [-0.15, -0.1) is 19.7 Å². The maximum absolute atomic E-state index is 3.89. The SMILES string of the molecule is C=CC1CCCC(C=C)C1C=C. The zero-order valence-corrected chi connectivity index (χ0v) is 7.71. The van der Waals surface area contributed by atoms with Gasteiger partial charge < -0.3 is 0 Å². The van der Waals surface area contributed by atoms with Gasteiger partial charge in [0.1, 0.15) is 0 Å². The van der Waals surface area contributed by atoms with Crippen LogP contribution in [0.1, 0.15) is 19.3 Å². The smallest absolute Gasteiger partial charge is 0.0110 e. The average molecular weight is 162 g/mol. The molecule has 66 valence electrons. The van der Waals surface area contributed by atoms with Crippen LogP contribution in [0.15, 0.2) is 38.0 Å². The quantitative estimate of drug-likeness (QED) is 0.556. The molecule has 0 aromatic heterocycles. The van der Waals surface area contributed by atoms with Gasteiger partial charge in [-0.05, 0) is 30.6 Å². The van der Waals surface area contributed by atoms with Crippen molar-refractivity contribution in [3.05, 3.63) is 38.0 Å². The molecule has 0 saturated heterocycles. The number of hydrogen-bond donors (Lipinski definition) is 0. The van der Waals surface area contributed by atoms with E-state index >= 15 is 0 Å². The van der Waals surface area contributed by atoms with Gasteiger partial charge >= 0.3 is 0 Å². The second kappa shape index (κ2) is 4.30. The molecule has 12 heavy (non-hydrogen) atoms. The molecule has 2 unspecified atom stereocenters. The van der Waals surface area contributed by atoms with Crippen molar-refractivity contribution in [2.75, 3.05) is 0 Å². The van der Waals surface area contributed by atoms with Crippen LogP contribution >= 0.6 is 0 Å². The highest BCUT2D eigenvalue weighted by Crippen LogP contribution is 2.36. The highest BCUT2D eigenvalue weighted by molar-refractivity contribution is 5.03. The Labute approximate surface area is 75.7 Å². The van der Waals surface area contributed by atoms with E-state index in [2.05, 4.69) is 38.0 Å². The molecule has 0 N–H and O–H groups in total. The van der Waals surface area contributed by atoms with E-state index in [0.717, 1.165) is 0 Å². The second-order valence-electron chi connectivity index (χ2n) is 3.54. The molecule has 0 bridgehead atoms. The van der Waals surface area contributed by atoms with Crippen molar-refractivity contribution in [1.82, 2.24) is 0 Å². The Bertz CT molecular complexity index is 162. The van der Waals surface area contributed by atoms with E-state index in [1.165, 1.54) is 19.3 Å². The molecule has 1 fully saturated rings. The van der Waals surface area contributed by atoms with E-state index in [1.807, 2.05) is 0 Å². The summed E-state index contributed by atoms with van der Waals surface area (Å²) in [4.78, 5) is 0. The summed E-state index contributed by atoms with van der Waals surface area (Å²) in [6.07, 6.45) is 10.1. The largest absolute Gasteiger partial charge is 0.103 e. The zero-order valence-electron chi connectivity index (χ0n) is 7.71. The molecule has 0 aliphatic heterocycles. The summed E-state index contributed by atoms with van der Waals surface area (Å²) in [5.41, 5.74) is 0. The molecular formula is C12H18. The molecule has 2 atom stereocenters. The molecule has 0 radical (unpaired) electrons. The van der Waals surface area contributed by atoms with Crippen molar-refractivity contribution >= 4 is 0 Å². The third kappa shape index (κ3) is 1.69. The van der Waals surface area contributed by atoms with Crippen LogP contribution in [0.5, 0.6) is 0 Å². The summed E-state index contributed by atoms with van der Waals surface area (Å²) >= 11 is 0. The van der Waals surface area contributed by atoms with Gasteiger partial charge in [0.25, 0.3) is 0 Å². The second-order valence-corrected chi connectivity index (χ2v) is 3.54. The van der Waals surface area contributed by atoms with Crippen LogP contribution in [-0.4, -0.2) is 0 Å². The van der Waals surface area contributed by atoms with Gasteiger partial charge in [-0.3, -0.25) is 0 Å². The highest BCUT2D eigenvalue weighted by atomic mass is 14.3. The highest BCUT2D eigenvalue weighted by Gasteiger charge is 2.26. The molecule has 0 aromatic rings. The van der Waals surface area contributed by atoms with Crippen LogP contribution in [0.4, 0.5) is 0 Å². The Kier molecular flexibility index (Phi) is 3.33. The van der Waals surface area contributed by atoms with Crippen molar-refractivity contribution in [2.45, 2.75) is 19.3 Å². The molecule has 0 nitrogen and oxygen atoms in total. The standard InChI is InChI=1S/C12H18/c1-4-10-8-7-9-11(5-2)12(10)6-3/h4-6,10-12H,1-3,7-9H2. The maximum Gasteiger partial charge on any atom is -0.0110 e. The number of allylic oxidation sites excluding steroid dienone is 3. The Morgan fingerprint density at radius 3 is 1.67 bits per heavy atom. The predicted molar refractivity (Wildman–Crippen MR) is 54.9 cm³/mol. The fraction of sp³-hybridized carbons (Fsp3) is 0.500. The van der Waals surface area contributed by atoms with Crippen molar-refractivity contribution in [2.24, 2.45) is 17.8 Å². The van der Waals surface area contributed by atoms with Gasteiger partial charge in [0, 0.05) is 0 Å². The topological polar surface area (TPSA) is 0 Å². The summed E-state index contributed by atoms with van der Waals surface area (Å²) in [5, 5.41) is 0. The number of hydrogen-bond acceptors (Lipinski definition) is 0. The van der Waals surface area contributed by atoms with Crippen LogP contribution in [0.3, 0.4) is 0 Å². The number of rotatable bonds is 3. The molecule has 1 aliphatic rings. The van der Waals surface area contributed by atoms with Gasteiger partial charge in [0.15, 0.2) is 0 Å². The normalized spacial score (nSPS) is 35.5. The van der Waals surface area contributed by atoms with E-state index < -0.39 is 0 Å². The fourth-order valence-electron chi connectivity index (χ4n) is 2.19. The minimum absolute atomic E-state index is 0.578. The van der Waals surface area contributed by atoms with E-state index in [-0.39, 0.29) is 0 Å². The minimum Gasteiger partial charge on any atom is -0.103 e. The molecule has 0 spiro atoms. The van der Waals surface area contributed by atoms with E-state index in [1.54, 1.807) is 0 Å². The van der Waals surface area contributed by atoms with Crippen LogP contribution in [0.2, 0.25) is 0 Å². The molecule has 0 aromatic carbocycles. The lowest BCUT2D eigenvalue weighted by molar-refractivity contribution is 0.273. The Balaban J connectivity index is 2.70. The van der Waals surface area contributed by atoms with Gasteiger partial charge in [-0.2, -0.15) is 0 Å². The van der Waals surface area contributed by atoms with Crippen LogP contribution in [0, 0.1) is 17.8 Å². The average Bonchev–Trinajstić information content (AvgIpc) is 2.16. The van der Waals surface area contributed by atoms with Gasteiger partial charge in [0.05, 0.1) is 0 Å². The van der Waals surface area contributed by atoms with E-state index in [0.29, 0.717) is 17.8 Å². The van der Waals surface area contributed by atoms with Gasteiger partial charge in [0.2, 0.25) is 0 Å². The maximum atomic E-state index is 3.89. The third-order valence-corrected chi connectivity index (χ3v) is 2.94. The Morgan fingerprint density at radius 1 is 0.833 bits per heavy atom. The van der Waals surface area contributed by atoms with Crippen LogP contribution in [0.25, 0.3) is 0 Å². The lowest BCUT2D eigenvalue weighted by atomic mass is 9.72. The first-order valence-electron chi connectivity index (χ1n) is 4.71. The third-order valence-electron chi connectivity index (χ3n) is 2.94. The first-order valence-corrected chi connectivity index (χ1v) is 4.71. The molecular weight excluding hydrogens is 144 g/mol. The van der Waals surface area contributed by atoms with E-state index in [9.17, 15) is 0 Å². The first kappa shape index (κ1) is 9.31. The van der Waals surface area contributed by atoms with Gasteiger partial charge in [-0.1, -0.05) is 24.6 Å². The molecule has 1 aliphatic carbocycles. The summed E-state index contributed by atoms with van der Waals surface area (Å²) < 4.78 is 0. The molecule has 0 heterocycles. The molecule has 0 heteroatoms. The lowest BCUT2D eigenvalue weighted by Gasteiger charge is -2.33. The van der Waals surface area contributed by atoms with Crippen molar-refractivity contribution < 1.29 is 0 Å². The first-order chi connectivity index (χ1) is 5.83. The lowest BCUT2D eigenvalue weighted by Crippen LogP contribution is -2.23. The minimum atomic E-state index is 0.578. The Morgan fingerprint density at radius 2 is 1.33 bits per heavy atom. The van der Waals surface area contributed by atoms with E-state index in [4.69, 9.17) is 0 Å². The van der Waals surface area contributed by atoms with Gasteiger partial charge in [-0.25, -0.2) is 0 Å². The predicted octanol–water partition coefficient (Wildman–Crippen LogP) is 3.58. The summed E-state index contributed by atoms with van der Waals surface area (Å²) in [6, 6.07) is 0. The molecule has 1 saturated carbocycles. The van der Waals surface area contributed by atoms with Crippen LogP contribution < -0.4 is 0 Å². The molecule has 0 amide bonds. The summed E-state index contributed by atoms with van der Waals surface area (Å²) in [5.74, 6) is 1.83. The zero-order chi connectivity index (χ0) is 8.97. The molecule has 1 rings (SSSR count). The summed E-state index contributed by atoms with van der Waals surface area (Å²) in [7, 11) is 0. The van der Waals surface area contributed by atoms with Crippen LogP contribution in [-0.2, 0) is 0 Å². The van der Waals surface area contributed by atoms with Crippen molar-refractivity contribution in [1.29, 1.82) is 0 Å². The monoisotopic (exact) mass is 162 g/mol. The summed E-state index contributed by atoms with van der Waals surface area (Å²) in [6.45, 7) is 11.6. The Hall–Kier alpha value is -0.780. The van der Waals surface area contributed by atoms with Crippen molar-refractivity contribution in [3.8, 4) is 0 Å².